The topological polar surface area (TPSA) is 40.5 Å². The number of hydrogen-bond donors (Lipinski definition) is 1. The van der Waals surface area contributed by atoms with Crippen LogP contribution in [0.3, 0.4) is 0 Å². The molecule has 15 heavy (non-hydrogen) atoms. The van der Waals surface area contributed by atoms with Crippen LogP contribution >= 0.6 is 0 Å². The van der Waals surface area contributed by atoms with Gasteiger partial charge < -0.3 is 10.0 Å². The van der Waals surface area contributed by atoms with Crippen LogP contribution in [0.4, 0.5) is 10.1 Å². The molecule has 0 fully saturated rings. The number of carboxylic acid groups (broad SMARTS) is 1. The van der Waals surface area contributed by atoms with Crippen LogP contribution in [-0.4, -0.2) is 24.7 Å². The molecule has 0 saturated carbocycles. The summed E-state index contributed by atoms with van der Waals surface area (Å²) in [6.45, 7) is 0.646. The number of benzene rings is 1. The molecule has 1 aliphatic rings. The Bertz CT molecular complexity index is 406. The first-order valence-corrected chi connectivity index (χ1v) is 4.83. The summed E-state index contributed by atoms with van der Waals surface area (Å²) in [5, 5.41) is 9.01. The molecule has 80 valence electrons. The van der Waals surface area contributed by atoms with Gasteiger partial charge >= 0.3 is 5.97 Å². The number of rotatable bonds is 1. The molecule has 0 amide bonds. The van der Waals surface area contributed by atoms with Crippen molar-refractivity contribution in [1.82, 2.24) is 0 Å². The van der Waals surface area contributed by atoms with Crippen LogP contribution in [0, 0.1) is 5.82 Å². The molecule has 3 nitrogen and oxygen atoms in total. The van der Waals surface area contributed by atoms with Crippen molar-refractivity contribution in [2.24, 2.45) is 0 Å². The Kier molecular flexibility index (Phi) is 2.34. The normalized spacial score (nSPS) is 19.9. The molecule has 0 spiro atoms. The number of carbonyl (C=O) groups is 1. The second-order valence-corrected chi connectivity index (χ2v) is 3.77. The van der Waals surface area contributed by atoms with Crippen molar-refractivity contribution in [2.45, 2.75) is 12.3 Å². The highest BCUT2D eigenvalue weighted by Crippen LogP contribution is 2.36. The van der Waals surface area contributed by atoms with Crippen LogP contribution in [-0.2, 0) is 4.79 Å². The largest absolute Gasteiger partial charge is 0.481 e. The highest BCUT2D eigenvalue weighted by atomic mass is 19.1. The Morgan fingerprint density at radius 1 is 1.60 bits per heavy atom. The Morgan fingerprint density at radius 3 is 3.00 bits per heavy atom. The summed E-state index contributed by atoms with van der Waals surface area (Å²) in [5.74, 6) is -2.08. The molecule has 1 heterocycles. The van der Waals surface area contributed by atoms with Crippen molar-refractivity contribution in [1.29, 1.82) is 0 Å². The van der Waals surface area contributed by atoms with Crippen LogP contribution < -0.4 is 4.90 Å². The fourth-order valence-corrected chi connectivity index (χ4v) is 2.04. The summed E-state index contributed by atoms with van der Waals surface area (Å²) >= 11 is 0. The average molecular weight is 209 g/mol. The first-order valence-electron chi connectivity index (χ1n) is 4.83. The van der Waals surface area contributed by atoms with Crippen LogP contribution in [0.1, 0.15) is 17.9 Å². The van der Waals surface area contributed by atoms with E-state index in [9.17, 15) is 9.18 Å². The summed E-state index contributed by atoms with van der Waals surface area (Å²) in [7, 11) is 1.84. The van der Waals surface area contributed by atoms with Gasteiger partial charge in [-0.05, 0) is 18.6 Å². The quantitative estimate of drug-likeness (QED) is 0.767. The highest BCUT2D eigenvalue weighted by Gasteiger charge is 2.30. The van der Waals surface area contributed by atoms with Crippen molar-refractivity contribution in [3.8, 4) is 0 Å². The van der Waals surface area contributed by atoms with Crippen molar-refractivity contribution < 1.29 is 14.3 Å². The van der Waals surface area contributed by atoms with Gasteiger partial charge in [-0.15, -0.1) is 0 Å². The third-order valence-corrected chi connectivity index (χ3v) is 2.84. The van der Waals surface area contributed by atoms with Gasteiger partial charge in [-0.25, -0.2) is 4.39 Å². The maximum Gasteiger partial charge on any atom is 0.311 e. The molecule has 0 radical (unpaired) electrons. The number of nitrogens with zero attached hydrogens (tertiary/aromatic N) is 1. The lowest BCUT2D eigenvalue weighted by atomic mass is 9.90. The molecular weight excluding hydrogens is 197 g/mol. The molecule has 1 aliphatic heterocycles. The molecule has 1 atom stereocenters. The van der Waals surface area contributed by atoms with E-state index in [0.29, 0.717) is 24.2 Å². The first-order chi connectivity index (χ1) is 7.11. The standard InChI is InChI=1S/C11H12FNO2/c1-13-6-5-7(11(14)15)10-8(12)3-2-4-9(10)13/h2-4,7H,5-6H2,1H3,(H,14,15). The molecule has 1 aromatic carbocycles. The first kappa shape index (κ1) is 9.96. The Balaban J connectivity index is 2.56. The van der Waals surface area contributed by atoms with E-state index in [1.807, 2.05) is 11.9 Å². The fourth-order valence-electron chi connectivity index (χ4n) is 2.04. The summed E-state index contributed by atoms with van der Waals surface area (Å²) in [6, 6.07) is 4.68. The van der Waals surface area contributed by atoms with Gasteiger partial charge in [0, 0.05) is 24.8 Å². The minimum Gasteiger partial charge on any atom is -0.481 e. The van der Waals surface area contributed by atoms with Crippen molar-refractivity contribution in [3.63, 3.8) is 0 Å². The zero-order valence-electron chi connectivity index (χ0n) is 8.40. The molecule has 0 aliphatic carbocycles. The molecular formula is C11H12FNO2. The number of hydrogen-bond acceptors (Lipinski definition) is 2. The molecule has 0 bridgehead atoms. The van der Waals surface area contributed by atoms with Gasteiger partial charge in [0.05, 0.1) is 5.92 Å². The van der Waals surface area contributed by atoms with Gasteiger partial charge in [0.2, 0.25) is 0 Å². The Morgan fingerprint density at radius 2 is 2.33 bits per heavy atom. The molecule has 1 unspecified atom stereocenters. The summed E-state index contributed by atoms with van der Waals surface area (Å²) < 4.78 is 13.6. The second-order valence-electron chi connectivity index (χ2n) is 3.77. The van der Waals surface area contributed by atoms with E-state index in [1.165, 1.54) is 6.07 Å². The van der Waals surface area contributed by atoms with Crippen LogP contribution in [0.25, 0.3) is 0 Å². The second kappa shape index (κ2) is 3.53. The smallest absolute Gasteiger partial charge is 0.311 e. The minimum atomic E-state index is -0.950. The summed E-state index contributed by atoms with van der Waals surface area (Å²) in [4.78, 5) is 12.9. The van der Waals surface area contributed by atoms with Crippen LogP contribution in [0.5, 0.6) is 0 Å². The maximum atomic E-state index is 13.6. The van der Waals surface area contributed by atoms with Crippen LogP contribution in [0.15, 0.2) is 18.2 Å². The van der Waals surface area contributed by atoms with Gasteiger partial charge in [-0.2, -0.15) is 0 Å². The maximum absolute atomic E-state index is 13.6. The van der Waals surface area contributed by atoms with Crippen molar-refractivity contribution >= 4 is 11.7 Å². The molecule has 1 aromatic rings. The van der Waals surface area contributed by atoms with Gasteiger partial charge in [-0.1, -0.05) is 6.07 Å². The molecule has 0 aromatic heterocycles. The van der Waals surface area contributed by atoms with Crippen molar-refractivity contribution in [2.75, 3.05) is 18.5 Å². The van der Waals surface area contributed by atoms with Gasteiger partial charge in [-0.3, -0.25) is 4.79 Å². The molecule has 4 heteroatoms. The predicted octanol–water partition coefficient (Wildman–Crippen LogP) is 1.83. The van der Waals surface area contributed by atoms with Gasteiger partial charge in [0.25, 0.3) is 0 Å². The van der Waals surface area contributed by atoms with Gasteiger partial charge in [0.1, 0.15) is 5.82 Å². The minimum absolute atomic E-state index is 0.318. The summed E-state index contributed by atoms with van der Waals surface area (Å²) in [5.41, 5.74) is 1.01. The summed E-state index contributed by atoms with van der Waals surface area (Å²) in [6.07, 6.45) is 0.458. The zero-order valence-corrected chi connectivity index (χ0v) is 8.40. The van der Waals surface area contributed by atoms with E-state index in [-0.39, 0.29) is 0 Å². The van der Waals surface area contributed by atoms with E-state index < -0.39 is 17.7 Å². The van der Waals surface area contributed by atoms with E-state index >= 15 is 0 Å². The van der Waals surface area contributed by atoms with E-state index in [4.69, 9.17) is 5.11 Å². The predicted molar refractivity (Wildman–Crippen MR) is 54.7 cm³/mol. The zero-order chi connectivity index (χ0) is 11.0. The molecule has 2 rings (SSSR count). The molecule has 1 N–H and O–H groups in total. The van der Waals surface area contributed by atoms with Crippen LogP contribution in [0.2, 0.25) is 0 Å². The van der Waals surface area contributed by atoms with E-state index in [1.54, 1.807) is 12.1 Å². The molecule has 0 saturated heterocycles. The number of carboxylic acids is 1. The van der Waals surface area contributed by atoms with Gasteiger partial charge in [0.15, 0.2) is 0 Å². The van der Waals surface area contributed by atoms with E-state index in [0.717, 1.165) is 0 Å². The number of halogens is 1. The highest BCUT2D eigenvalue weighted by molar-refractivity contribution is 5.80. The third kappa shape index (κ3) is 1.56. The Labute approximate surface area is 87.1 Å². The third-order valence-electron chi connectivity index (χ3n) is 2.84. The number of aliphatic carboxylic acids is 1. The Hall–Kier alpha value is -1.58. The lowest BCUT2D eigenvalue weighted by molar-refractivity contribution is -0.139. The van der Waals surface area contributed by atoms with Crippen molar-refractivity contribution in [3.05, 3.63) is 29.6 Å². The lowest BCUT2D eigenvalue weighted by Crippen LogP contribution is -2.31. The average Bonchev–Trinajstić information content (AvgIpc) is 2.19. The van der Waals surface area contributed by atoms with E-state index in [2.05, 4.69) is 0 Å². The lowest BCUT2D eigenvalue weighted by Gasteiger charge is -2.31. The number of anilines is 1. The monoisotopic (exact) mass is 209 g/mol. The number of fused-ring (bicyclic) bond motifs is 1. The fraction of sp³-hybridized carbons (Fsp3) is 0.364. The SMILES string of the molecule is CN1CCC(C(=O)O)c2c(F)cccc21.